The monoisotopic (exact) mass is 548 g/mol. The Hall–Kier alpha value is 0.200. The lowest BCUT2D eigenvalue weighted by atomic mass is 9.69. The molecule has 10 saturated heterocycles. The molecule has 0 amide bonds. The molecule has 0 aromatic rings. The molecule has 11 aliphatic rings. The predicted molar refractivity (Wildman–Crippen MR) is 66.3 cm³/mol. The fourth-order valence-corrected chi connectivity index (χ4v) is 9.55. The van der Waals surface area contributed by atoms with Gasteiger partial charge in [-0.15, -0.1) is 28.0 Å². The number of rotatable bonds is 0. The molecule has 10 heterocycles. The molecule has 176 valence electrons. The van der Waals surface area contributed by atoms with Crippen molar-refractivity contribution in [2.45, 2.75) is 34.7 Å². The van der Waals surface area contributed by atoms with E-state index in [1.807, 2.05) is 0 Å². The molecule has 32 heavy (non-hydrogen) atoms. The average molecular weight is 548 g/mol. The van der Waals surface area contributed by atoms with Crippen molar-refractivity contribution in [3.05, 3.63) is 0 Å². The first-order valence-corrected chi connectivity index (χ1v) is 13.7. The van der Waals surface area contributed by atoms with E-state index in [9.17, 15) is 18.3 Å². The Morgan fingerprint density at radius 1 is 0.312 bits per heavy atom. The van der Waals surface area contributed by atoms with E-state index in [1.54, 1.807) is 0 Å². The third kappa shape index (κ3) is 1.47. The van der Waals surface area contributed by atoms with Crippen LogP contribution in [0.25, 0.3) is 0 Å². The van der Waals surface area contributed by atoms with E-state index >= 15 is 0 Å². The van der Waals surface area contributed by atoms with Crippen LogP contribution in [-0.4, -0.2) is 34.7 Å². The first kappa shape index (κ1) is 19.4. The third-order valence-electron chi connectivity index (χ3n) is 5.52. The average Bonchev–Trinajstić information content (AvgIpc) is 3.23. The number of fused-ring (bicyclic) bond motifs is 4. The van der Waals surface area contributed by atoms with Crippen molar-refractivity contribution >= 4 is 31.3 Å². The van der Waals surface area contributed by atoms with Gasteiger partial charge in [0.1, 0.15) is 0 Å². The lowest BCUT2D eigenvalue weighted by Crippen LogP contribution is -2.96. The Kier molecular flexibility index (Phi) is 2.82. The molecular weight excluding hydrogens is 548 g/mol. The van der Waals surface area contributed by atoms with E-state index in [4.69, 9.17) is 56.5 Å². The van der Waals surface area contributed by atoms with Crippen LogP contribution in [0.5, 0.6) is 0 Å². The van der Waals surface area contributed by atoms with Crippen LogP contribution in [-0.2, 0) is 103 Å². The van der Waals surface area contributed by atoms with Gasteiger partial charge in [-0.25, -0.2) is 45.4 Å². The summed E-state index contributed by atoms with van der Waals surface area (Å²) in [6.07, 6.45) is 0. The van der Waals surface area contributed by atoms with Gasteiger partial charge in [-0.1, -0.05) is 0 Å². The van der Waals surface area contributed by atoms with Gasteiger partial charge in [0, 0.05) is 0 Å². The molecule has 10 aliphatic heterocycles. The van der Waals surface area contributed by atoms with Gasteiger partial charge in [-0.2, -0.15) is 29.3 Å². The fourth-order valence-electron chi connectivity index (χ4n) is 4.49. The fraction of sp³-hybridized carbons (Fsp3) is 1.00. The second kappa shape index (κ2) is 4.65. The van der Waals surface area contributed by atoms with E-state index in [1.165, 1.54) is 0 Å². The normalized spacial score (nSPS) is 73.8. The molecule has 22 nitrogen and oxygen atoms in total. The van der Waals surface area contributed by atoms with Gasteiger partial charge in [-0.05, 0) is 0 Å². The van der Waals surface area contributed by atoms with Crippen LogP contribution in [0.3, 0.4) is 0 Å². The summed E-state index contributed by atoms with van der Waals surface area (Å²) in [5.74, 6) is -19.3. The largest absolute Gasteiger partial charge is 0.557 e. The maximum absolute atomic E-state index is 13.2. The number of hydrogen-bond donors (Lipinski definition) is 0. The van der Waals surface area contributed by atoms with Gasteiger partial charge in [0.15, 0.2) is 0 Å². The highest BCUT2D eigenvalue weighted by atomic mass is 31.2. The van der Waals surface area contributed by atoms with Gasteiger partial charge in [-0.3, -0.25) is 0 Å². The van der Waals surface area contributed by atoms with Crippen LogP contribution in [0.15, 0.2) is 0 Å². The smallest absolute Gasteiger partial charge is 0.238 e. The molecule has 10 bridgehead atoms. The summed E-state index contributed by atoms with van der Waals surface area (Å²) in [6.45, 7) is 0. The third-order valence-corrected chi connectivity index (χ3v) is 9.94. The van der Waals surface area contributed by atoms with Crippen LogP contribution in [0.1, 0.15) is 0 Å². The zero-order chi connectivity index (χ0) is 21.7. The van der Waals surface area contributed by atoms with E-state index in [0.717, 1.165) is 0 Å². The minimum atomic E-state index is -5.01. The molecule has 11 rings (SSSR count). The van der Waals surface area contributed by atoms with Gasteiger partial charge < -0.3 is 0 Å². The Morgan fingerprint density at radius 3 is 0.688 bits per heavy atom. The van der Waals surface area contributed by atoms with Crippen LogP contribution in [0.2, 0.25) is 0 Å². The highest BCUT2D eigenvalue weighted by Crippen LogP contribution is 2.95. The standard InChI is InChI=1S/C6O22P4/c7-29-17-1-3(19-29)6(16-28-31(9,23-11-1)25-13-3)2-4(20-30(8,18-2)22-6)5(1,21-29)15-27-32(10,24-12-2)26-14-4/t1-,2+,3+,4-,5-,6-,29?,30?,31?,32?/m0/s1. The predicted octanol–water partition coefficient (Wildman–Crippen LogP) is 0.508. The molecule has 0 aromatic carbocycles. The minimum absolute atomic E-state index is 3.19. The van der Waals surface area contributed by atoms with Gasteiger partial charge in [0.2, 0.25) is 0 Å². The maximum Gasteiger partial charge on any atom is 0.557 e. The summed E-state index contributed by atoms with van der Waals surface area (Å²) in [7, 11) is -20.0. The molecule has 0 unspecified atom stereocenters. The van der Waals surface area contributed by atoms with Gasteiger partial charge >= 0.3 is 66.0 Å². The zero-order valence-electron chi connectivity index (χ0n) is 13.8. The molecule has 1 saturated carbocycles. The molecule has 26 heteroatoms. The SMILES string of the molecule is O=P12OO[C@]34OP5(=O)O[C@@]36OOP3(=O)OO[C@@]6(O5)[C@@]5(OO3)OP3(=O)O[C@]4(OO1)[C@]5(OO2)O3. The molecular formula is C6O22P4. The summed E-state index contributed by atoms with van der Waals surface area (Å²) in [6, 6.07) is 0. The lowest BCUT2D eigenvalue weighted by molar-refractivity contribution is -0.690. The Labute approximate surface area is 169 Å². The number of phosphoric ester groups is 2. The first-order valence-electron chi connectivity index (χ1n) is 7.87. The van der Waals surface area contributed by atoms with Crippen LogP contribution in [0, 0.1) is 0 Å². The molecule has 1 aliphatic carbocycles. The Balaban J connectivity index is 1.49. The summed E-state index contributed by atoms with van der Waals surface area (Å²) in [5.41, 5.74) is 0. The first-order chi connectivity index (χ1) is 15.0. The van der Waals surface area contributed by atoms with Crippen LogP contribution in [0.4, 0.5) is 0 Å². The van der Waals surface area contributed by atoms with E-state index in [2.05, 4.69) is 28.0 Å². The van der Waals surface area contributed by atoms with Crippen molar-refractivity contribution in [2.75, 3.05) is 0 Å². The summed E-state index contributed by atoms with van der Waals surface area (Å²) in [5, 5.41) is 0. The lowest BCUT2D eigenvalue weighted by Gasteiger charge is -2.62. The summed E-state index contributed by atoms with van der Waals surface area (Å²) < 4.78 is 111. The van der Waals surface area contributed by atoms with E-state index < -0.39 is 66.0 Å². The summed E-state index contributed by atoms with van der Waals surface area (Å²) >= 11 is 0. The Morgan fingerprint density at radius 2 is 0.500 bits per heavy atom. The van der Waals surface area contributed by atoms with Crippen molar-refractivity contribution in [1.82, 2.24) is 0 Å². The molecule has 0 aromatic heterocycles. The van der Waals surface area contributed by atoms with E-state index in [0.29, 0.717) is 0 Å². The second-order valence-electron chi connectivity index (χ2n) is 6.98. The number of phosphoric acid groups is 4. The van der Waals surface area contributed by atoms with Crippen molar-refractivity contribution in [3.63, 3.8) is 0 Å². The Bertz CT molecular complexity index is 1150. The van der Waals surface area contributed by atoms with Gasteiger partial charge in [0.25, 0.3) is 0 Å². The van der Waals surface area contributed by atoms with Crippen molar-refractivity contribution in [1.29, 1.82) is 0 Å². The molecule has 0 radical (unpaired) electrons. The highest BCUT2D eigenvalue weighted by Gasteiger charge is 3.16. The van der Waals surface area contributed by atoms with Gasteiger partial charge in [0.05, 0.1) is 0 Å². The number of hydrogen-bond acceptors (Lipinski definition) is 22. The quantitative estimate of drug-likeness (QED) is 0.296. The zero-order valence-corrected chi connectivity index (χ0v) is 17.3. The minimum Gasteiger partial charge on any atom is -0.238 e. The molecule has 0 atom stereocenters. The van der Waals surface area contributed by atoms with Crippen molar-refractivity contribution < 1.29 is 103 Å². The summed E-state index contributed by atoms with van der Waals surface area (Å²) in [4.78, 5) is 30.3. The van der Waals surface area contributed by atoms with Crippen LogP contribution >= 0.6 is 31.3 Å². The van der Waals surface area contributed by atoms with Crippen molar-refractivity contribution in [3.8, 4) is 0 Å². The molecule has 0 N–H and O–H groups in total. The second-order valence-corrected chi connectivity index (χ2v) is 12.6. The van der Waals surface area contributed by atoms with E-state index in [-0.39, 0.29) is 0 Å². The molecule has 6 spiro atoms. The van der Waals surface area contributed by atoms with Crippen molar-refractivity contribution in [2.24, 2.45) is 0 Å². The topological polar surface area (TPSA) is 234 Å². The molecule has 11 fully saturated rings. The highest BCUT2D eigenvalue weighted by molar-refractivity contribution is 7.50. The maximum atomic E-state index is 13.2. The van der Waals surface area contributed by atoms with Crippen LogP contribution < -0.4 is 0 Å².